The molecular weight excluding hydrogens is 339 g/mol. The van der Waals surface area contributed by atoms with Crippen LogP contribution in [0.2, 0.25) is 0 Å². The lowest BCUT2D eigenvalue weighted by Crippen LogP contribution is -2.44. The standard InChI is InChI=1S/C18H25FN4O3/c1-4-5-6-9-21(2)15-13(19)10-12-14(16(15)26-3)22(11-7-8-11)18(25)23(20)17(12)24/h10-11H,4-9,20H2,1-3H3. The normalized spacial score (nSPS) is 14.0. The first kappa shape index (κ1) is 18.3. The number of unbranched alkanes of at least 4 members (excludes halogenated alkanes) is 2. The number of fused-ring (bicyclic) bond motifs is 1. The zero-order valence-electron chi connectivity index (χ0n) is 15.4. The van der Waals surface area contributed by atoms with Crippen LogP contribution in [-0.4, -0.2) is 29.9 Å². The Morgan fingerprint density at radius 1 is 1.35 bits per heavy atom. The zero-order chi connectivity index (χ0) is 19.0. The average molecular weight is 364 g/mol. The molecule has 26 heavy (non-hydrogen) atoms. The van der Waals surface area contributed by atoms with Crippen LogP contribution in [0.15, 0.2) is 15.7 Å². The Balaban J connectivity index is 2.30. The Hall–Kier alpha value is -2.51. The minimum absolute atomic E-state index is 0.0435. The van der Waals surface area contributed by atoms with Crippen LogP contribution in [0, 0.1) is 5.82 Å². The van der Waals surface area contributed by atoms with Gasteiger partial charge in [-0.2, -0.15) is 4.68 Å². The van der Waals surface area contributed by atoms with E-state index in [-0.39, 0.29) is 22.9 Å². The monoisotopic (exact) mass is 364 g/mol. The SMILES string of the molecule is CCCCCN(C)c1c(F)cc2c(=O)n(N)c(=O)n(C3CC3)c2c1OC. The van der Waals surface area contributed by atoms with Gasteiger partial charge in [0.05, 0.1) is 12.5 Å². The van der Waals surface area contributed by atoms with Crippen LogP contribution in [0.3, 0.4) is 0 Å². The van der Waals surface area contributed by atoms with Gasteiger partial charge in [-0.1, -0.05) is 19.8 Å². The molecule has 0 amide bonds. The van der Waals surface area contributed by atoms with Crippen molar-refractivity contribution >= 4 is 16.6 Å². The molecule has 7 nitrogen and oxygen atoms in total. The highest BCUT2D eigenvalue weighted by atomic mass is 19.1. The van der Waals surface area contributed by atoms with E-state index in [2.05, 4.69) is 6.92 Å². The molecule has 142 valence electrons. The van der Waals surface area contributed by atoms with Crippen molar-refractivity contribution < 1.29 is 9.13 Å². The highest BCUT2D eigenvalue weighted by Crippen LogP contribution is 2.42. The summed E-state index contributed by atoms with van der Waals surface area (Å²) >= 11 is 0. The van der Waals surface area contributed by atoms with Crippen molar-refractivity contribution in [3.8, 4) is 5.75 Å². The molecule has 0 spiro atoms. The molecule has 1 fully saturated rings. The van der Waals surface area contributed by atoms with E-state index >= 15 is 0 Å². The van der Waals surface area contributed by atoms with Crippen molar-refractivity contribution in [2.45, 2.75) is 45.1 Å². The number of nitrogen functional groups attached to an aromatic ring is 1. The molecular formula is C18H25FN4O3. The molecule has 1 aliphatic rings. The van der Waals surface area contributed by atoms with Crippen LogP contribution in [0.4, 0.5) is 10.1 Å². The van der Waals surface area contributed by atoms with Crippen LogP contribution >= 0.6 is 0 Å². The third-order valence-corrected chi connectivity index (χ3v) is 4.88. The number of hydrogen-bond donors (Lipinski definition) is 1. The summed E-state index contributed by atoms with van der Waals surface area (Å²) in [7, 11) is 3.21. The minimum atomic E-state index is -0.723. The van der Waals surface area contributed by atoms with E-state index in [1.54, 1.807) is 11.9 Å². The van der Waals surface area contributed by atoms with E-state index < -0.39 is 17.1 Å². The van der Waals surface area contributed by atoms with Gasteiger partial charge in [0.2, 0.25) is 0 Å². The molecule has 3 rings (SSSR count). The van der Waals surface area contributed by atoms with E-state index in [1.807, 2.05) is 0 Å². The summed E-state index contributed by atoms with van der Waals surface area (Å²) in [4.78, 5) is 26.8. The van der Waals surface area contributed by atoms with Gasteiger partial charge in [0, 0.05) is 19.6 Å². The summed E-state index contributed by atoms with van der Waals surface area (Å²) in [6.07, 6.45) is 4.63. The smallest absolute Gasteiger partial charge is 0.350 e. The molecule has 2 N–H and O–H groups in total. The molecule has 8 heteroatoms. The number of halogens is 1. The summed E-state index contributed by atoms with van der Waals surface area (Å²) in [5.74, 6) is 5.28. The van der Waals surface area contributed by atoms with Crippen LogP contribution in [-0.2, 0) is 0 Å². The topological polar surface area (TPSA) is 82.5 Å². The summed E-state index contributed by atoms with van der Waals surface area (Å²) in [6, 6.07) is 1.12. The number of ether oxygens (including phenoxy) is 1. The molecule has 1 heterocycles. The van der Waals surface area contributed by atoms with E-state index in [4.69, 9.17) is 10.6 Å². The first-order chi connectivity index (χ1) is 12.4. The second-order valence-corrected chi connectivity index (χ2v) is 6.82. The molecule has 0 atom stereocenters. The predicted octanol–water partition coefficient (Wildman–Crippen LogP) is 1.99. The quantitative estimate of drug-likeness (QED) is 0.600. The summed E-state index contributed by atoms with van der Waals surface area (Å²) in [6.45, 7) is 2.75. The number of rotatable bonds is 7. The Kier molecular flexibility index (Phi) is 4.93. The van der Waals surface area contributed by atoms with Crippen molar-refractivity contribution in [3.05, 3.63) is 32.7 Å². The largest absolute Gasteiger partial charge is 0.492 e. The van der Waals surface area contributed by atoms with Gasteiger partial charge in [-0.25, -0.2) is 9.18 Å². The lowest BCUT2D eigenvalue weighted by atomic mass is 10.1. The zero-order valence-corrected chi connectivity index (χ0v) is 15.4. The number of methoxy groups -OCH3 is 1. The second-order valence-electron chi connectivity index (χ2n) is 6.82. The number of aromatic nitrogens is 2. The van der Waals surface area contributed by atoms with Crippen molar-refractivity contribution in [1.82, 2.24) is 9.24 Å². The van der Waals surface area contributed by atoms with E-state index in [0.29, 0.717) is 16.7 Å². The van der Waals surface area contributed by atoms with Crippen molar-refractivity contribution in [1.29, 1.82) is 0 Å². The number of anilines is 1. The Labute approximate surface area is 150 Å². The van der Waals surface area contributed by atoms with Crippen LogP contribution in [0.25, 0.3) is 10.9 Å². The third kappa shape index (κ3) is 2.93. The molecule has 0 saturated heterocycles. The molecule has 2 aromatic rings. The van der Waals surface area contributed by atoms with E-state index in [1.165, 1.54) is 11.7 Å². The third-order valence-electron chi connectivity index (χ3n) is 4.88. The Morgan fingerprint density at radius 2 is 2.04 bits per heavy atom. The molecule has 1 aliphatic carbocycles. The molecule has 0 unspecified atom stereocenters. The van der Waals surface area contributed by atoms with Gasteiger partial charge in [-0.3, -0.25) is 9.36 Å². The van der Waals surface area contributed by atoms with Crippen LogP contribution < -0.4 is 26.7 Å². The Morgan fingerprint density at radius 3 is 2.62 bits per heavy atom. The van der Waals surface area contributed by atoms with Gasteiger partial charge in [-0.15, -0.1) is 0 Å². The van der Waals surface area contributed by atoms with Crippen molar-refractivity contribution in [2.75, 3.05) is 31.4 Å². The maximum atomic E-state index is 14.9. The molecule has 0 bridgehead atoms. The van der Waals surface area contributed by atoms with Crippen LogP contribution in [0.5, 0.6) is 5.75 Å². The minimum Gasteiger partial charge on any atom is -0.492 e. The van der Waals surface area contributed by atoms with Gasteiger partial charge in [-0.05, 0) is 25.3 Å². The fraction of sp³-hybridized carbons (Fsp3) is 0.556. The van der Waals surface area contributed by atoms with Crippen molar-refractivity contribution in [3.63, 3.8) is 0 Å². The number of benzene rings is 1. The Bertz CT molecular complexity index is 946. The summed E-state index contributed by atoms with van der Waals surface area (Å²) < 4.78 is 22.4. The highest BCUT2D eigenvalue weighted by Gasteiger charge is 2.31. The summed E-state index contributed by atoms with van der Waals surface area (Å²) in [5, 5.41) is 0.0547. The first-order valence-corrected chi connectivity index (χ1v) is 8.96. The second kappa shape index (κ2) is 7.01. The van der Waals surface area contributed by atoms with Gasteiger partial charge in [0.25, 0.3) is 5.56 Å². The number of nitrogens with zero attached hydrogens (tertiary/aromatic N) is 3. The maximum absolute atomic E-state index is 14.9. The lowest BCUT2D eigenvalue weighted by molar-refractivity contribution is 0.412. The molecule has 1 aromatic heterocycles. The first-order valence-electron chi connectivity index (χ1n) is 8.96. The van der Waals surface area contributed by atoms with Gasteiger partial charge in [0.1, 0.15) is 11.2 Å². The van der Waals surface area contributed by atoms with E-state index in [9.17, 15) is 14.0 Å². The highest BCUT2D eigenvalue weighted by molar-refractivity contribution is 5.91. The molecule has 1 aromatic carbocycles. The number of hydrogen-bond acceptors (Lipinski definition) is 5. The number of nitrogens with two attached hydrogens (primary N) is 1. The van der Waals surface area contributed by atoms with Gasteiger partial charge >= 0.3 is 5.69 Å². The fourth-order valence-corrected chi connectivity index (χ4v) is 3.37. The van der Waals surface area contributed by atoms with Crippen LogP contribution in [0.1, 0.15) is 45.1 Å². The molecule has 0 aliphatic heterocycles. The van der Waals surface area contributed by atoms with Gasteiger partial charge in [0.15, 0.2) is 11.6 Å². The van der Waals surface area contributed by atoms with Crippen molar-refractivity contribution in [2.24, 2.45) is 0 Å². The average Bonchev–Trinajstić information content (AvgIpc) is 3.44. The molecule has 0 radical (unpaired) electrons. The summed E-state index contributed by atoms with van der Waals surface area (Å²) in [5.41, 5.74) is -0.738. The predicted molar refractivity (Wildman–Crippen MR) is 100 cm³/mol. The molecule has 1 saturated carbocycles. The van der Waals surface area contributed by atoms with Gasteiger partial charge < -0.3 is 15.5 Å². The van der Waals surface area contributed by atoms with E-state index in [0.717, 1.165) is 38.2 Å². The maximum Gasteiger partial charge on any atom is 0.350 e. The lowest BCUT2D eigenvalue weighted by Gasteiger charge is -2.24. The fourth-order valence-electron chi connectivity index (χ4n) is 3.37.